The zero-order chi connectivity index (χ0) is 15.7. The molecule has 1 rings (SSSR count). The third-order valence-electron chi connectivity index (χ3n) is 4.84. The molecule has 21 heavy (non-hydrogen) atoms. The van der Waals surface area contributed by atoms with Crippen LogP contribution in [0.3, 0.4) is 0 Å². The minimum absolute atomic E-state index is 0.521. The first-order chi connectivity index (χ1) is 10.0. The largest absolute Gasteiger partial charge is 0.378 e. The normalized spacial score (nSPS) is 26.7. The topological polar surface area (TPSA) is 21.3 Å². The SMILES string of the molecule is CC(C)CNCCCCCOC1CC(C)CCC1C(C)C. The van der Waals surface area contributed by atoms with Crippen LogP contribution in [-0.4, -0.2) is 25.8 Å². The molecule has 0 spiro atoms. The molecule has 0 heterocycles. The fourth-order valence-electron chi connectivity index (χ4n) is 3.46. The lowest BCUT2D eigenvalue weighted by Gasteiger charge is -2.37. The summed E-state index contributed by atoms with van der Waals surface area (Å²) < 4.78 is 6.25. The van der Waals surface area contributed by atoms with Crippen LogP contribution in [-0.2, 0) is 4.74 Å². The average molecular weight is 298 g/mol. The highest BCUT2D eigenvalue weighted by Crippen LogP contribution is 2.35. The molecule has 0 bridgehead atoms. The minimum Gasteiger partial charge on any atom is -0.378 e. The second-order valence-electron chi connectivity index (χ2n) is 7.89. The molecular formula is C19H39NO. The second kappa shape index (κ2) is 10.6. The van der Waals surface area contributed by atoms with Crippen LogP contribution in [0.5, 0.6) is 0 Å². The molecule has 2 heteroatoms. The fourth-order valence-corrected chi connectivity index (χ4v) is 3.46. The van der Waals surface area contributed by atoms with E-state index in [1.54, 1.807) is 0 Å². The van der Waals surface area contributed by atoms with Crippen LogP contribution in [0.15, 0.2) is 0 Å². The van der Waals surface area contributed by atoms with Gasteiger partial charge in [0.05, 0.1) is 6.10 Å². The predicted molar refractivity (Wildman–Crippen MR) is 92.6 cm³/mol. The fraction of sp³-hybridized carbons (Fsp3) is 1.00. The number of hydrogen-bond donors (Lipinski definition) is 1. The van der Waals surface area contributed by atoms with Crippen molar-refractivity contribution in [3.8, 4) is 0 Å². The van der Waals surface area contributed by atoms with Gasteiger partial charge in [0.15, 0.2) is 0 Å². The molecule has 1 aliphatic carbocycles. The second-order valence-corrected chi connectivity index (χ2v) is 7.89. The van der Waals surface area contributed by atoms with Crippen molar-refractivity contribution in [3.63, 3.8) is 0 Å². The summed E-state index contributed by atoms with van der Waals surface area (Å²) >= 11 is 0. The number of unbranched alkanes of at least 4 members (excludes halogenated alkanes) is 2. The van der Waals surface area contributed by atoms with E-state index in [4.69, 9.17) is 4.74 Å². The van der Waals surface area contributed by atoms with Crippen LogP contribution in [0.1, 0.15) is 73.1 Å². The van der Waals surface area contributed by atoms with Gasteiger partial charge in [0.2, 0.25) is 0 Å². The molecular weight excluding hydrogens is 258 g/mol. The van der Waals surface area contributed by atoms with Crippen LogP contribution < -0.4 is 5.32 Å². The monoisotopic (exact) mass is 297 g/mol. The van der Waals surface area contributed by atoms with E-state index in [9.17, 15) is 0 Å². The van der Waals surface area contributed by atoms with Gasteiger partial charge in [0.25, 0.3) is 0 Å². The van der Waals surface area contributed by atoms with Crippen LogP contribution in [0, 0.1) is 23.7 Å². The number of hydrogen-bond acceptors (Lipinski definition) is 2. The van der Waals surface area contributed by atoms with Gasteiger partial charge in [-0.05, 0) is 68.9 Å². The molecule has 0 saturated heterocycles. The van der Waals surface area contributed by atoms with E-state index < -0.39 is 0 Å². The Hall–Kier alpha value is -0.0800. The molecule has 0 aliphatic heterocycles. The van der Waals surface area contributed by atoms with E-state index in [1.807, 2.05) is 0 Å². The maximum absolute atomic E-state index is 6.25. The Labute approximate surface area is 133 Å². The third-order valence-corrected chi connectivity index (χ3v) is 4.84. The first kappa shape index (κ1) is 19.0. The van der Waals surface area contributed by atoms with Gasteiger partial charge in [-0.1, -0.05) is 41.0 Å². The Morgan fingerprint density at radius 1 is 1.05 bits per heavy atom. The lowest BCUT2D eigenvalue weighted by atomic mass is 9.75. The number of nitrogens with one attached hydrogen (secondary N) is 1. The molecule has 0 amide bonds. The Bertz CT molecular complexity index is 252. The zero-order valence-electron chi connectivity index (χ0n) is 15.2. The van der Waals surface area contributed by atoms with Crippen molar-refractivity contribution >= 4 is 0 Å². The lowest BCUT2D eigenvalue weighted by molar-refractivity contribution is -0.0394. The summed E-state index contributed by atoms with van der Waals surface area (Å²) in [7, 11) is 0. The number of rotatable bonds is 10. The molecule has 0 aromatic heterocycles. The predicted octanol–water partition coefficient (Wildman–Crippen LogP) is 4.88. The van der Waals surface area contributed by atoms with Gasteiger partial charge in [-0.25, -0.2) is 0 Å². The van der Waals surface area contributed by atoms with Crippen LogP contribution in [0.2, 0.25) is 0 Å². The van der Waals surface area contributed by atoms with E-state index in [0.717, 1.165) is 43.4 Å². The van der Waals surface area contributed by atoms with E-state index in [-0.39, 0.29) is 0 Å². The summed E-state index contributed by atoms with van der Waals surface area (Å²) in [5, 5.41) is 3.51. The summed E-state index contributed by atoms with van der Waals surface area (Å²) in [6, 6.07) is 0. The molecule has 0 aromatic rings. The summed E-state index contributed by atoms with van der Waals surface area (Å²) in [5.41, 5.74) is 0. The summed E-state index contributed by atoms with van der Waals surface area (Å²) in [6.07, 6.45) is 8.35. The van der Waals surface area contributed by atoms with Gasteiger partial charge in [-0.3, -0.25) is 0 Å². The van der Waals surface area contributed by atoms with Gasteiger partial charge >= 0.3 is 0 Å². The molecule has 0 radical (unpaired) electrons. The highest BCUT2D eigenvalue weighted by atomic mass is 16.5. The van der Waals surface area contributed by atoms with Crippen molar-refractivity contribution in [1.29, 1.82) is 0 Å². The van der Waals surface area contributed by atoms with Crippen molar-refractivity contribution < 1.29 is 4.74 Å². The molecule has 2 nitrogen and oxygen atoms in total. The zero-order valence-corrected chi connectivity index (χ0v) is 15.2. The quantitative estimate of drug-likeness (QED) is 0.580. The van der Waals surface area contributed by atoms with Crippen molar-refractivity contribution in [1.82, 2.24) is 5.32 Å². The Morgan fingerprint density at radius 2 is 1.81 bits per heavy atom. The van der Waals surface area contributed by atoms with Gasteiger partial charge in [0.1, 0.15) is 0 Å². The van der Waals surface area contributed by atoms with Gasteiger partial charge in [-0.2, -0.15) is 0 Å². The molecule has 126 valence electrons. The molecule has 1 fully saturated rings. The molecule has 0 aromatic carbocycles. The smallest absolute Gasteiger partial charge is 0.0608 e. The summed E-state index contributed by atoms with van der Waals surface area (Å²) in [4.78, 5) is 0. The van der Waals surface area contributed by atoms with Gasteiger partial charge in [-0.15, -0.1) is 0 Å². The minimum atomic E-state index is 0.521. The van der Waals surface area contributed by atoms with Crippen molar-refractivity contribution in [2.24, 2.45) is 23.7 Å². The van der Waals surface area contributed by atoms with Crippen LogP contribution in [0.25, 0.3) is 0 Å². The molecule has 1 aliphatic rings. The van der Waals surface area contributed by atoms with Crippen LogP contribution in [0.4, 0.5) is 0 Å². The van der Waals surface area contributed by atoms with Crippen molar-refractivity contribution in [2.75, 3.05) is 19.7 Å². The highest BCUT2D eigenvalue weighted by Gasteiger charge is 2.31. The molecule has 3 unspecified atom stereocenters. The van der Waals surface area contributed by atoms with E-state index in [0.29, 0.717) is 6.10 Å². The molecule has 1 saturated carbocycles. The van der Waals surface area contributed by atoms with Crippen molar-refractivity contribution in [2.45, 2.75) is 79.2 Å². The Kier molecular flexibility index (Phi) is 9.59. The molecule has 3 atom stereocenters. The maximum atomic E-state index is 6.25. The summed E-state index contributed by atoms with van der Waals surface area (Å²) in [6.45, 7) is 14.9. The van der Waals surface area contributed by atoms with E-state index in [2.05, 4.69) is 39.9 Å². The molecule has 1 N–H and O–H groups in total. The van der Waals surface area contributed by atoms with Crippen molar-refractivity contribution in [3.05, 3.63) is 0 Å². The van der Waals surface area contributed by atoms with Crippen LogP contribution >= 0.6 is 0 Å². The van der Waals surface area contributed by atoms with Gasteiger partial charge in [0, 0.05) is 6.61 Å². The standard InChI is InChI=1S/C19H39NO/c1-15(2)14-20-11-7-6-8-12-21-19-13-17(5)9-10-18(19)16(3)4/h15-20H,6-14H2,1-5H3. The Balaban J connectivity index is 2.07. The maximum Gasteiger partial charge on any atom is 0.0608 e. The lowest BCUT2D eigenvalue weighted by Crippen LogP contribution is -2.34. The van der Waals surface area contributed by atoms with E-state index in [1.165, 1.54) is 38.5 Å². The first-order valence-corrected chi connectivity index (χ1v) is 9.33. The average Bonchev–Trinajstić information content (AvgIpc) is 2.41. The first-order valence-electron chi connectivity index (χ1n) is 9.33. The Morgan fingerprint density at radius 3 is 2.48 bits per heavy atom. The summed E-state index contributed by atoms with van der Waals surface area (Å²) in [5.74, 6) is 3.16. The van der Waals surface area contributed by atoms with E-state index >= 15 is 0 Å². The third kappa shape index (κ3) is 8.21. The highest BCUT2D eigenvalue weighted by molar-refractivity contribution is 4.81. The number of ether oxygens (including phenoxy) is 1. The van der Waals surface area contributed by atoms with Gasteiger partial charge < -0.3 is 10.1 Å².